The standard InChI is InChI=1S/C23H25F3N4O3/c1-12(19-16(26)9-14(25)11-27-19)28-20(31)18(10-22(2,3)33)30-21(32)29-17-5-4-13(24)8-15(17)23(30)6-7-23/h4-5,8-9,11-12,18,33H,6-7,10H2,1-3H3,(H,28,31)(H,29,32)/t12-,18+/m0/s1. The first kappa shape index (κ1) is 23.0. The van der Waals surface area contributed by atoms with Gasteiger partial charge in [-0.25, -0.2) is 18.0 Å². The SMILES string of the molecule is C[C@H](NC(=O)[C@@H](CC(C)(C)O)N1C(=O)Nc2ccc(F)cc2C12CC2)c1ncc(F)cc1F. The number of nitrogens with one attached hydrogen (secondary N) is 2. The number of aromatic nitrogens is 1. The molecule has 3 amide bonds. The normalized spacial score (nSPS) is 18.4. The summed E-state index contributed by atoms with van der Waals surface area (Å²) in [5.74, 6) is -2.87. The molecule has 1 spiro atoms. The third kappa shape index (κ3) is 4.39. The van der Waals surface area contributed by atoms with E-state index in [0.29, 0.717) is 30.2 Å². The fourth-order valence-corrected chi connectivity index (χ4v) is 4.47. The maximum atomic E-state index is 14.2. The maximum Gasteiger partial charge on any atom is 0.323 e. The molecular formula is C23H25F3N4O3. The number of carbonyl (C=O) groups is 2. The number of hydrogen-bond acceptors (Lipinski definition) is 4. The van der Waals surface area contributed by atoms with Gasteiger partial charge in [0.2, 0.25) is 5.91 Å². The number of amides is 3. The van der Waals surface area contributed by atoms with Gasteiger partial charge in [-0.3, -0.25) is 9.78 Å². The summed E-state index contributed by atoms with van der Waals surface area (Å²) < 4.78 is 41.4. The van der Waals surface area contributed by atoms with Crippen molar-refractivity contribution in [3.63, 3.8) is 0 Å². The summed E-state index contributed by atoms with van der Waals surface area (Å²) in [4.78, 5) is 31.6. The van der Waals surface area contributed by atoms with E-state index >= 15 is 0 Å². The molecule has 0 bridgehead atoms. The van der Waals surface area contributed by atoms with Gasteiger partial charge in [-0.1, -0.05) is 0 Å². The molecule has 2 atom stereocenters. The number of hydrogen-bond donors (Lipinski definition) is 3. The van der Waals surface area contributed by atoms with E-state index in [1.807, 2.05) is 0 Å². The Labute approximate surface area is 189 Å². The molecule has 4 rings (SSSR count). The van der Waals surface area contributed by atoms with Gasteiger partial charge < -0.3 is 20.6 Å². The van der Waals surface area contributed by atoms with Crippen molar-refractivity contribution in [2.24, 2.45) is 0 Å². The summed E-state index contributed by atoms with van der Waals surface area (Å²) in [6, 6.07) is 2.12. The van der Waals surface area contributed by atoms with E-state index in [1.54, 1.807) is 0 Å². The highest BCUT2D eigenvalue weighted by Gasteiger charge is 2.59. The molecule has 1 aliphatic carbocycles. The van der Waals surface area contributed by atoms with Gasteiger partial charge in [0.1, 0.15) is 23.5 Å². The molecule has 1 aromatic heterocycles. The van der Waals surface area contributed by atoms with Gasteiger partial charge in [0.25, 0.3) is 0 Å². The van der Waals surface area contributed by atoms with Crippen LogP contribution in [0.5, 0.6) is 0 Å². The molecule has 0 unspecified atom stereocenters. The second-order valence-corrected chi connectivity index (χ2v) is 9.30. The van der Waals surface area contributed by atoms with Crippen molar-refractivity contribution in [3.8, 4) is 0 Å². The quantitative estimate of drug-likeness (QED) is 0.610. The van der Waals surface area contributed by atoms with Crippen LogP contribution in [0, 0.1) is 17.5 Å². The van der Waals surface area contributed by atoms with Gasteiger partial charge in [0.15, 0.2) is 0 Å². The van der Waals surface area contributed by atoms with Crippen LogP contribution in [0.2, 0.25) is 0 Å². The van der Waals surface area contributed by atoms with Gasteiger partial charge >= 0.3 is 6.03 Å². The number of nitrogens with zero attached hydrogens (tertiary/aromatic N) is 2. The van der Waals surface area contributed by atoms with Gasteiger partial charge in [-0.2, -0.15) is 0 Å². The zero-order valence-electron chi connectivity index (χ0n) is 18.5. The highest BCUT2D eigenvalue weighted by molar-refractivity contribution is 5.98. The minimum atomic E-state index is -1.33. The van der Waals surface area contributed by atoms with Crippen molar-refractivity contribution in [1.82, 2.24) is 15.2 Å². The zero-order chi connectivity index (χ0) is 24.1. The fourth-order valence-electron chi connectivity index (χ4n) is 4.47. The van der Waals surface area contributed by atoms with Gasteiger partial charge in [-0.15, -0.1) is 0 Å². The molecule has 0 saturated heterocycles. The third-order valence-electron chi connectivity index (χ3n) is 6.04. The van der Waals surface area contributed by atoms with Crippen LogP contribution in [0.1, 0.15) is 57.3 Å². The lowest BCUT2D eigenvalue weighted by molar-refractivity contribution is -0.129. The monoisotopic (exact) mass is 462 g/mol. The molecule has 1 aliphatic heterocycles. The molecule has 176 valence electrons. The lowest BCUT2D eigenvalue weighted by atomic mass is 9.91. The van der Waals surface area contributed by atoms with Crippen LogP contribution in [0.3, 0.4) is 0 Å². The molecule has 2 heterocycles. The molecule has 1 saturated carbocycles. The van der Waals surface area contributed by atoms with Crippen molar-refractivity contribution < 1.29 is 27.9 Å². The molecule has 7 nitrogen and oxygen atoms in total. The van der Waals surface area contributed by atoms with E-state index in [-0.39, 0.29) is 12.1 Å². The first-order valence-electron chi connectivity index (χ1n) is 10.7. The van der Waals surface area contributed by atoms with E-state index in [1.165, 1.54) is 43.9 Å². The Morgan fingerprint density at radius 1 is 1.27 bits per heavy atom. The molecule has 0 radical (unpaired) electrons. The molecular weight excluding hydrogens is 437 g/mol. The summed E-state index contributed by atoms with van der Waals surface area (Å²) in [5.41, 5.74) is -1.33. The average molecular weight is 462 g/mol. The van der Waals surface area contributed by atoms with Crippen LogP contribution in [-0.2, 0) is 10.3 Å². The number of anilines is 1. The van der Waals surface area contributed by atoms with Crippen molar-refractivity contribution in [1.29, 1.82) is 0 Å². The molecule has 1 fully saturated rings. The van der Waals surface area contributed by atoms with Gasteiger partial charge in [-0.05, 0) is 51.8 Å². The number of pyridine rings is 1. The predicted octanol–water partition coefficient (Wildman–Crippen LogP) is 3.74. The number of benzene rings is 1. The first-order valence-corrected chi connectivity index (χ1v) is 10.7. The summed E-state index contributed by atoms with van der Waals surface area (Å²) in [7, 11) is 0. The van der Waals surface area contributed by atoms with E-state index < -0.39 is 52.6 Å². The molecule has 1 aromatic carbocycles. The molecule has 2 aliphatic rings. The Bertz CT molecular complexity index is 1110. The highest BCUT2D eigenvalue weighted by atomic mass is 19.1. The van der Waals surface area contributed by atoms with Gasteiger partial charge in [0.05, 0.1) is 29.1 Å². The van der Waals surface area contributed by atoms with E-state index in [9.17, 15) is 27.9 Å². The largest absolute Gasteiger partial charge is 0.390 e. The molecule has 33 heavy (non-hydrogen) atoms. The van der Waals surface area contributed by atoms with E-state index in [0.717, 1.165) is 6.20 Å². The lowest BCUT2D eigenvalue weighted by Crippen LogP contribution is -2.59. The van der Waals surface area contributed by atoms with Crippen molar-refractivity contribution >= 4 is 17.6 Å². The zero-order valence-corrected chi connectivity index (χ0v) is 18.5. The Hall–Kier alpha value is -3.14. The minimum absolute atomic E-state index is 0.120. The molecule has 3 N–H and O–H groups in total. The maximum absolute atomic E-state index is 14.2. The smallest absolute Gasteiger partial charge is 0.323 e. The summed E-state index contributed by atoms with van der Waals surface area (Å²) in [5, 5.41) is 15.8. The lowest BCUT2D eigenvalue weighted by Gasteiger charge is -2.43. The van der Waals surface area contributed by atoms with Crippen LogP contribution in [-0.4, -0.2) is 38.6 Å². The van der Waals surface area contributed by atoms with Crippen LogP contribution >= 0.6 is 0 Å². The Kier molecular flexibility index (Phi) is 5.60. The van der Waals surface area contributed by atoms with Crippen LogP contribution in [0.4, 0.5) is 23.7 Å². The van der Waals surface area contributed by atoms with Crippen LogP contribution in [0.15, 0.2) is 30.5 Å². The third-order valence-corrected chi connectivity index (χ3v) is 6.04. The molecule has 2 aromatic rings. The number of carbonyl (C=O) groups excluding carboxylic acids is 2. The van der Waals surface area contributed by atoms with E-state index in [4.69, 9.17) is 0 Å². The Morgan fingerprint density at radius 3 is 2.58 bits per heavy atom. The van der Waals surface area contributed by atoms with Crippen molar-refractivity contribution in [2.45, 2.75) is 63.3 Å². The average Bonchev–Trinajstić information content (AvgIpc) is 3.48. The summed E-state index contributed by atoms with van der Waals surface area (Å²) in [6.07, 6.45) is 1.77. The first-order chi connectivity index (χ1) is 15.4. The number of halogens is 3. The second kappa shape index (κ2) is 8.02. The number of aliphatic hydroxyl groups is 1. The topological polar surface area (TPSA) is 94.6 Å². The van der Waals surface area contributed by atoms with Gasteiger partial charge in [0, 0.05) is 23.7 Å². The highest BCUT2D eigenvalue weighted by Crippen LogP contribution is 2.56. The Morgan fingerprint density at radius 2 is 1.97 bits per heavy atom. The second-order valence-electron chi connectivity index (χ2n) is 9.30. The fraction of sp³-hybridized carbons (Fsp3) is 0.435. The summed E-state index contributed by atoms with van der Waals surface area (Å²) in [6.45, 7) is 4.50. The van der Waals surface area contributed by atoms with Crippen LogP contribution < -0.4 is 10.6 Å². The number of fused-ring (bicyclic) bond motifs is 2. The van der Waals surface area contributed by atoms with E-state index in [2.05, 4.69) is 15.6 Å². The van der Waals surface area contributed by atoms with Crippen molar-refractivity contribution in [3.05, 3.63) is 59.2 Å². The predicted molar refractivity (Wildman–Crippen MR) is 114 cm³/mol. The molecule has 10 heteroatoms. The van der Waals surface area contributed by atoms with Crippen molar-refractivity contribution in [2.75, 3.05) is 5.32 Å². The van der Waals surface area contributed by atoms with Crippen LogP contribution in [0.25, 0.3) is 0 Å². The summed E-state index contributed by atoms with van der Waals surface area (Å²) >= 11 is 0. The minimum Gasteiger partial charge on any atom is -0.390 e. The Balaban J connectivity index is 1.67. The number of urea groups is 1. The number of rotatable bonds is 6.